The summed E-state index contributed by atoms with van der Waals surface area (Å²) in [6.45, 7) is 0. The first-order chi connectivity index (χ1) is 15.7. The molecule has 0 heterocycles. The molecule has 0 amide bonds. The minimum atomic E-state index is -8.04. The average molecular weight is 578 g/mol. The van der Waals surface area contributed by atoms with Crippen molar-refractivity contribution in [2.75, 3.05) is 0 Å². The van der Waals surface area contributed by atoms with E-state index in [1.165, 1.54) is 4.74 Å². The molecule has 0 N–H and O–H groups in total. The van der Waals surface area contributed by atoms with Gasteiger partial charge in [0.25, 0.3) is 0 Å². The van der Waals surface area contributed by atoms with Gasteiger partial charge in [-0.2, -0.15) is 74.6 Å². The Morgan fingerprint density at radius 3 is 1.36 bits per heavy atom. The van der Waals surface area contributed by atoms with Crippen LogP contribution < -0.4 is 0 Å². The van der Waals surface area contributed by atoms with Gasteiger partial charge in [-0.1, -0.05) is 6.42 Å². The first kappa shape index (κ1) is 32.2. The third kappa shape index (κ3) is 5.85. The molecule has 0 radical (unpaired) electrons. The van der Waals surface area contributed by atoms with Crippen LogP contribution >= 0.6 is 0 Å². The number of rotatable bonds is 8. The maximum atomic E-state index is 14.3. The fourth-order valence-electron chi connectivity index (χ4n) is 2.56. The predicted molar refractivity (Wildman–Crippen MR) is 75.8 cm³/mol. The molecule has 1 rings (SSSR count). The zero-order valence-corrected chi connectivity index (χ0v) is 16.7. The van der Waals surface area contributed by atoms with Gasteiger partial charge < -0.3 is 4.74 Å². The lowest BCUT2D eigenvalue weighted by atomic mass is 9.98. The number of esters is 1. The third-order valence-electron chi connectivity index (χ3n) is 4.45. The Bertz CT molecular complexity index is 782. The van der Waals surface area contributed by atoms with Crippen LogP contribution in [0.2, 0.25) is 0 Å². The molecular formula is C15H11F17O4. The van der Waals surface area contributed by atoms with Gasteiger partial charge in [0.05, 0.1) is 0 Å². The van der Waals surface area contributed by atoms with Gasteiger partial charge in [-0.05, 0) is 25.7 Å². The smallest absolute Gasteiger partial charge is 0.458 e. The van der Waals surface area contributed by atoms with Crippen molar-refractivity contribution in [1.29, 1.82) is 0 Å². The van der Waals surface area contributed by atoms with Gasteiger partial charge in [-0.3, -0.25) is 9.47 Å². The molecule has 1 aliphatic carbocycles. The highest BCUT2D eigenvalue weighted by molar-refractivity contribution is 5.79. The number of carbonyl (C=O) groups excluding carboxylic acids is 1. The lowest BCUT2D eigenvalue weighted by Gasteiger charge is -2.40. The van der Waals surface area contributed by atoms with Crippen molar-refractivity contribution in [3.63, 3.8) is 0 Å². The predicted octanol–water partition coefficient (Wildman–Crippen LogP) is 6.73. The molecule has 0 saturated heterocycles. The standard InChI is InChI=1S/C15H11F17O4/c16-8(11(20,21)22,7(33)34-6-4-2-1-3-5-6)35-15(31,32)10(19,13(26,27)28)36-14(29,30)9(17,18)12(23,24)25/h6H,1-5H2/t8-,10-/m0/s1. The lowest BCUT2D eigenvalue weighted by Crippen LogP contribution is -2.68. The summed E-state index contributed by atoms with van der Waals surface area (Å²) >= 11 is 0. The van der Waals surface area contributed by atoms with E-state index in [1.54, 1.807) is 0 Å². The quantitative estimate of drug-likeness (QED) is 0.237. The highest BCUT2D eigenvalue weighted by Gasteiger charge is 2.85. The Labute approximate surface area is 187 Å². The van der Waals surface area contributed by atoms with E-state index in [2.05, 4.69) is 4.74 Å². The van der Waals surface area contributed by atoms with Crippen LogP contribution in [-0.4, -0.2) is 60.5 Å². The van der Waals surface area contributed by atoms with Crippen molar-refractivity contribution in [2.24, 2.45) is 0 Å². The van der Waals surface area contributed by atoms with Crippen LogP contribution in [0.25, 0.3) is 0 Å². The summed E-state index contributed by atoms with van der Waals surface area (Å²) in [7, 11) is 0. The van der Waals surface area contributed by atoms with E-state index in [0.717, 1.165) is 0 Å². The molecule has 4 nitrogen and oxygen atoms in total. The van der Waals surface area contributed by atoms with Crippen molar-refractivity contribution < 1.29 is 93.6 Å². The molecule has 0 aliphatic heterocycles. The van der Waals surface area contributed by atoms with E-state index in [1.807, 2.05) is 4.74 Å². The fraction of sp³-hybridized carbons (Fsp3) is 0.933. The molecule has 0 spiro atoms. The summed E-state index contributed by atoms with van der Waals surface area (Å²) in [5.74, 6) is -26.3. The minimum Gasteiger partial charge on any atom is -0.458 e. The first-order valence-electron chi connectivity index (χ1n) is 8.99. The van der Waals surface area contributed by atoms with Crippen LogP contribution in [0.4, 0.5) is 74.6 Å². The molecule has 1 aliphatic rings. The van der Waals surface area contributed by atoms with Gasteiger partial charge >= 0.3 is 54.3 Å². The molecule has 21 heteroatoms. The number of halogens is 17. The minimum absolute atomic E-state index is 0.109. The second kappa shape index (κ2) is 9.50. The van der Waals surface area contributed by atoms with Crippen molar-refractivity contribution in [3.05, 3.63) is 0 Å². The van der Waals surface area contributed by atoms with Gasteiger partial charge in [-0.25, -0.2) is 4.79 Å². The van der Waals surface area contributed by atoms with Crippen molar-refractivity contribution >= 4 is 5.97 Å². The zero-order valence-electron chi connectivity index (χ0n) is 16.7. The Morgan fingerprint density at radius 2 is 1.00 bits per heavy atom. The van der Waals surface area contributed by atoms with E-state index in [9.17, 15) is 79.4 Å². The van der Waals surface area contributed by atoms with E-state index in [-0.39, 0.29) is 25.7 Å². The van der Waals surface area contributed by atoms with E-state index in [4.69, 9.17) is 0 Å². The molecule has 0 aromatic heterocycles. The average Bonchev–Trinajstić information content (AvgIpc) is 2.65. The van der Waals surface area contributed by atoms with E-state index < -0.39 is 60.5 Å². The normalized spacial score (nSPS) is 21.0. The Balaban J connectivity index is 3.52. The van der Waals surface area contributed by atoms with Crippen LogP contribution in [0.5, 0.6) is 0 Å². The van der Waals surface area contributed by atoms with Crippen LogP contribution in [0, 0.1) is 0 Å². The summed E-state index contributed by atoms with van der Waals surface area (Å²) in [4.78, 5) is 11.6. The lowest BCUT2D eigenvalue weighted by molar-refractivity contribution is -0.548. The third-order valence-corrected chi connectivity index (χ3v) is 4.45. The molecule has 1 fully saturated rings. The molecule has 0 aromatic carbocycles. The zero-order chi connectivity index (χ0) is 28.8. The van der Waals surface area contributed by atoms with Gasteiger partial charge in [0.1, 0.15) is 6.10 Å². The summed E-state index contributed by atoms with van der Waals surface area (Å²) < 4.78 is 229. The summed E-state index contributed by atoms with van der Waals surface area (Å²) in [5, 5.41) is 0. The molecule has 0 aromatic rings. The van der Waals surface area contributed by atoms with Crippen LogP contribution in [0.15, 0.2) is 0 Å². The highest BCUT2D eigenvalue weighted by atomic mass is 19.4. The molecule has 1 saturated carbocycles. The Kier molecular flexibility index (Phi) is 8.50. The number of alkyl halides is 17. The Hall–Kier alpha value is -1.80. The monoisotopic (exact) mass is 578 g/mol. The summed E-state index contributed by atoms with van der Waals surface area (Å²) in [5.41, 5.74) is 0. The Morgan fingerprint density at radius 1 is 0.556 bits per heavy atom. The molecule has 214 valence electrons. The van der Waals surface area contributed by atoms with Crippen molar-refractivity contribution in [1.82, 2.24) is 0 Å². The van der Waals surface area contributed by atoms with Gasteiger partial charge in [0.2, 0.25) is 0 Å². The highest BCUT2D eigenvalue weighted by Crippen LogP contribution is 2.56. The maximum Gasteiger partial charge on any atom is 0.462 e. The van der Waals surface area contributed by atoms with Gasteiger partial charge in [0, 0.05) is 0 Å². The summed E-state index contributed by atoms with van der Waals surface area (Å²) in [6.07, 6.45) is -40.2. The largest absolute Gasteiger partial charge is 0.462 e. The number of hydrogen-bond acceptors (Lipinski definition) is 4. The molecular weight excluding hydrogens is 567 g/mol. The molecule has 0 unspecified atom stereocenters. The van der Waals surface area contributed by atoms with Crippen molar-refractivity contribution in [3.8, 4) is 0 Å². The van der Waals surface area contributed by atoms with E-state index >= 15 is 0 Å². The fourth-order valence-corrected chi connectivity index (χ4v) is 2.56. The molecule has 36 heavy (non-hydrogen) atoms. The van der Waals surface area contributed by atoms with E-state index in [0.29, 0.717) is 6.42 Å². The summed E-state index contributed by atoms with van der Waals surface area (Å²) in [6, 6.07) is 0. The molecule has 0 bridgehead atoms. The second-order valence-corrected chi connectivity index (χ2v) is 7.16. The SMILES string of the molecule is O=C(OC1CCCCC1)[C@](F)(OC(F)(F)[C@@](F)(OC(F)(F)C(F)(F)C(F)(F)F)C(F)(F)F)C(F)(F)F. The van der Waals surface area contributed by atoms with Crippen LogP contribution in [-0.2, 0) is 19.0 Å². The van der Waals surface area contributed by atoms with Crippen LogP contribution in [0.3, 0.4) is 0 Å². The first-order valence-corrected chi connectivity index (χ1v) is 8.99. The second-order valence-electron chi connectivity index (χ2n) is 7.16. The molecule has 2 atom stereocenters. The topological polar surface area (TPSA) is 44.8 Å². The van der Waals surface area contributed by atoms with Gasteiger partial charge in [0.15, 0.2) is 0 Å². The number of ether oxygens (including phenoxy) is 3. The maximum absolute atomic E-state index is 14.3. The number of carbonyl (C=O) groups is 1. The van der Waals surface area contributed by atoms with Gasteiger partial charge in [-0.15, -0.1) is 0 Å². The number of hydrogen-bond donors (Lipinski definition) is 0. The van der Waals surface area contributed by atoms with Crippen molar-refractivity contribution in [2.45, 2.75) is 86.6 Å². The van der Waals surface area contributed by atoms with Crippen LogP contribution in [0.1, 0.15) is 32.1 Å².